The first-order valence-corrected chi connectivity index (χ1v) is 8.35. The van der Waals surface area contributed by atoms with Crippen molar-refractivity contribution in [2.75, 3.05) is 7.05 Å². The first kappa shape index (κ1) is 15.7. The van der Waals surface area contributed by atoms with Gasteiger partial charge in [0.05, 0.1) is 0 Å². The summed E-state index contributed by atoms with van der Waals surface area (Å²) in [6.07, 6.45) is 6.62. The summed E-state index contributed by atoms with van der Waals surface area (Å²) in [6.45, 7) is 6.78. The van der Waals surface area contributed by atoms with Crippen LogP contribution in [0.5, 0.6) is 0 Å². The highest BCUT2D eigenvalue weighted by Crippen LogP contribution is 2.37. The van der Waals surface area contributed by atoms with Crippen LogP contribution in [0.4, 0.5) is 0 Å². The summed E-state index contributed by atoms with van der Waals surface area (Å²) >= 11 is 0. The van der Waals surface area contributed by atoms with E-state index in [9.17, 15) is 0 Å². The molecule has 0 unspecified atom stereocenters. The maximum Gasteiger partial charge on any atom is 0.0420 e. The van der Waals surface area contributed by atoms with Crippen molar-refractivity contribution in [1.82, 2.24) is 0 Å². The fourth-order valence-corrected chi connectivity index (χ4v) is 3.30. The van der Waals surface area contributed by atoms with Crippen molar-refractivity contribution in [2.45, 2.75) is 39.0 Å². The Kier molecular flexibility index (Phi) is 4.21. The Balaban J connectivity index is 1.95. The van der Waals surface area contributed by atoms with Crippen LogP contribution in [0, 0.1) is 6.92 Å². The average molecular weight is 303 g/mol. The Labute approximate surface area is 139 Å². The third-order valence-electron chi connectivity index (χ3n) is 4.89. The van der Waals surface area contributed by atoms with E-state index in [4.69, 9.17) is 0 Å². The standard InChI is InChI=1S/C22H25N/c1-16-5-7-17(8-6-16)9-10-18-11-12-20-19(15-18)21(23-4)13-14-22(20,2)3/h5-12,15H,13-14H2,1-4H3/b10-9+,23-21?. The van der Waals surface area contributed by atoms with Gasteiger partial charge in [0.15, 0.2) is 0 Å². The lowest BCUT2D eigenvalue weighted by molar-refractivity contribution is 0.480. The average Bonchev–Trinajstić information content (AvgIpc) is 2.54. The van der Waals surface area contributed by atoms with Gasteiger partial charge in [0.25, 0.3) is 0 Å². The topological polar surface area (TPSA) is 12.4 Å². The largest absolute Gasteiger partial charge is 0.292 e. The number of rotatable bonds is 2. The minimum absolute atomic E-state index is 0.239. The monoisotopic (exact) mass is 303 g/mol. The second kappa shape index (κ2) is 6.16. The zero-order chi connectivity index (χ0) is 16.4. The van der Waals surface area contributed by atoms with Crippen molar-refractivity contribution in [1.29, 1.82) is 0 Å². The summed E-state index contributed by atoms with van der Waals surface area (Å²) in [5.41, 5.74) is 8.00. The van der Waals surface area contributed by atoms with Gasteiger partial charge in [0.1, 0.15) is 0 Å². The van der Waals surface area contributed by atoms with E-state index in [0.29, 0.717) is 0 Å². The first-order chi connectivity index (χ1) is 11.0. The highest BCUT2D eigenvalue weighted by Gasteiger charge is 2.30. The molecule has 1 aliphatic carbocycles. The molecule has 0 aromatic heterocycles. The zero-order valence-electron chi connectivity index (χ0n) is 14.6. The molecule has 3 rings (SSSR count). The van der Waals surface area contributed by atoms with Crippen molar-refractivity contribution in [3.63, 3.8) is 0 Å². The minimum Gasteiger partial charge on any atom is -0.292 e. The van der Waals surface area contributed by atoms with Crippen LogP contribution in [-0.4, -0.2) is 12.8 Å². The summed E-state index contributed by atoms with van der Waals surface area (Å²) in [5, 5.41) is 0. The van der Waals surface area contributed by atoms with E-state index < -0.39 is 0 Å². The van der Waals surface area contributed by atoms with Gasteiger partial charge in [-0.05, 0) is 53.5 Å². The Morgan fingerprint density at radius 2 is 1.61 bits per heavy atom. The first-order valence-electron chi connectivity index (χ1n) is 8.35. The number of aryl methyl sites for hydroxylation is 1. The van der Waals surface area contributed by atoms with Gasteiger partial charge < -0.3 is 0 Å². The van der Waals surface area contributed by atoms with E-state index in [-0.39, 0.29) is 5.41 Å². The molecule has 0 heterocycles. The van der Waals surface area contributed by atoms with Gasteiger partial charge in [-0.1, -0.05) is 68.0 Å². The fraction of sp³-hybridized carbons (Fsp3) is 0.318. The van der Waals surface area contributed by atoms with Crippen LogP contribution < -0.4 is 0 Å². The van der Waals surface area contributed by atoms with Gasteiger partial charge in [-0.2, -0.15) is 0 Å². The number of hydrogen-bond donors (Lipinski definition) is 0. The summed E-state index contributed by atoms with van der Waals surface area (Å²) in [4.78, 5) is 4.52. The van der Waals surface area contributed by atoms with E-state index in [1.807, 2.05) is 7.05 Å². The molecular formula is C22H25N. The lowest BCUT2D eigenvalue weighted by Gasteiger charge is -2.33. The third kappa shape index (κ3) is 3.29. The van der Waals surface area contributed by atoms with Crippen molar-refractivity contribution < 1.29 is 0 Å². The summed E-state index contributed by atoms with van der Waals surface area (Å²) < 4.78 is 0. The summed E-state index contributed by atoms with van der Waals surface area (Å²) in [5.74, 6) is 0. The number of nitrogens with zero attached hydrogens (tertiary/aromatic N) is 1. The molecule has 118 valence electrons. The van der Waals surface area contributed by atoms with Crippen LogP contribution in [0.25, 0.3) is 12.2 Å². The van der Waals surface area contributed by atoms with Crippen molar-refractivity contribution in [3.05, 3.63) is 70.3 Å². The van der Waals surface area contributed by atoms with E-state index in [1.165, 1.54) is 39.9 Å². The Morgan fingerprint density at radius 3 is 2.30 bits per heavy atom. The molecule has 0 N–H and O–H groups in total. The van der Waals surface area contributed by atoms with Crippen molar-refractivity contribution >= 4 is 17.9 Å². The molecule has 0 bridgehead atoms. The molecule has 0 aliphatic heterocycles. The molecule has 0 saturated carbocycles. The molecule has 2 aromatic rings. The van der Waals surface area contributed by atoms with Crippen molar-refractivity contribution in [2.24, 2.45) is 4.99 Å². The second-order valence-electron chi connectivity index (χ2n) is 7.10. The van der Waals surface area contributed by atoms with Crippen molar-refractivity contribution in [3.8, 4) is 0 Å². The van der Waals surface area contributed by atoms with Gasteiger partial charge in [0.2, 0.25) is 0 Å². The molecule has 2 aromatic carbocycles. The van der Waals surface area contributed by atoms with Crippen LogP contribution >= 0.6 is 0 Å². The molecule has 0 atom stereocenters. The van der Waals surface area contributed by atoms with Gasteiger partial charge in [-0.25, -0.2) is 0 Å². The smallest absolute Gasteiger partial charge is 0.0420 e. The van der Waals surface area contributed by atoms with Gasteiger partial charge in [0, 0.05) is 12.8 Å². The molecule has 0 saturated heterocycles. The summed E-state index contributed by atoms with van der Waals surface area (Å²) in [6, 6.07) is 15.4. The third-order valence-corrected chi connectivity index (χ3v) is 4.89. The maximum absolute atomic E-state index is 4.52. The normalized spacial score (nSPS) is 18.3. The molecular weight excluding hydrogens is 278 g/mol. The number of benzene rings is 2. The maximum atomic E-state index is 4.52. The molecule has 1 heteroatoms. The number of fused-ring (bicyclic) bond motifs is 1. The number of hydrogen-bond acceptors (Lipinski definition) is 1. The molecule has 0 amide bonds. The quantitative estimate of drug-likeness (QED) is 0.635. The van der Waals surface area contributed by atoms with E-state index >= 15 is 0 Å². The lowest BCUT2D eigenvalue weighted by Crippen LogP contribution is -2.27. The van der Waals surface area contributed by atoms with Gasteiger partial charge >= 0.3 is 0 Å². The van der Waals surface area contributed by atoms with E-state index in [1.54, 1.807) is 0 Å². The van der Waals surface area contributed by atoms with Gasteiger partial charge in [-0.15, -0.1) is 0 Å². The minimum atomic E-state index is 0.239. The SMILES string of the molecule is CN=C1CCC(C)(C)c2ccc(/C=C/c3ccc(C)cc3)cc21. The number of aliphatic imine (C=N–C) groups is 1. The van der Waals surface area contributed by atoms with E-state index in [0.717, 1.165) is 6.42 Å². The molecule has 0 fully saturated rings. The highest BCUT2D eigenvalue weighted by atomic mass is 14.7. The predicted molar refractivity (Wildman–Crippen MR) is 101 cm³/mol. The molecule has 0 radical (unpaired) electrons. The predicted octanol–water partition coefficient (Wildman–Crippen LogP) is 5.66. The Hall–Kier alpha value is -2.15. The van der Waals surface area contributed by atoms with Gasteiger partial charge in [-0.3, -0.25) is 4.99 Å². The molecule has 1 aliphatic rings. The molecule has 0 spiro atoms. The highest BCUT2D eigenvalue weighted by molar-refractivity contribution is 6.03. The molecule has 1 nitrogen and oxygen atoms in total. The zero-order valence-corrected chi connectivity index (χ0v) is 14.6. The van der Waals surface area contributed by atoms with Crippen LogP contribution in [0.15, 0.2) is 47.5 Å². The summed E-state index contributed by atoms with van der Waals surface area (Å²) in [7, 11) is 1.91. The second-order valence-corrected chi connectivity index (χ2v) is 7.10. The lowest BCUT2D eigenvalue weighted by atomic mass is 9.71. The van der Waals surface area contributed by atoms with Crippen LogP contribution in [0.3, 0.4) is 0 Å². The Morgan fingerprint density at radius 1 is 0.957 bits per heavy atom. The molecule has 23 heavy (non-hydrogen) atoms. The van der Waals surface area contributed by atoms with Crippen LogP contribution in [0.2, 0.25) is 0 Å². The van der Waals surface area contributed by atoms with Crippen LogP contribution in [-0.2, 0) is 5.41 Å². The van der Waals surface area contributed by atoms with Crippen LogP contribution in [0.1, 0.15) is 54.5 Å². The van der Waals surface area contributed by atoms with E-state index in [2.05, 4.69) is 80.4 Å². The Bertz CT molecular complexity index is 761. The fourth-order valence-electron chi connectivity index (χ4n) is 3.30.